The molecule has 1 fully saturated rings. The van der Waals surface area contributed by atoms with Crippen molar-refractivity contribution >= 4 is 41.2 Å². The summed E-state index contributed by atoms with van der Waals surface area (Å²) in [6.07, 6.45) is 1.09. The highest BCUT2D eigenvalue weighted by atomic mass is 35.5. The van der Waals surface area contributed by atoms with Crippen molar-refractivity contribution in [1.29, 1.82) is 0 Å². The predicted molar refractivity (Wildman–Crippen MR) is 104 cm³/mol. The molecule has 1 amide bonds. The number of hydrogen-bond acceptors (Lipinski definition) is 5. The minimum atomic E-state index is -0.462. The maximum absolute atomic E-state index is 12.6. The molecular formula is C20H15Cl2NO5. The zero-order valence-electron chi connectivity index (χ0n) is 14.6. The number of amides is 1. The van der Waals surface area contributed by atoms with Crippen LogP contribution in [0.15, 0.2) is 42.2 Å². The number of carbonyl (C=O) groups excluding carboxylic acids is 2. The molecule has 0 aromatic heterocycles. The van der Waals surface area contributed by atoms with Crippen LogP contribution in [0.5, 0.6) is 11.5 Å². The summed E-state index contributed by atoms with van der Waals surface area (Å²) in [5, 5.41) is 0.910. The van der Waals surface area contributed by atoms with Gasteiger partial charge in [-0.2, -0.15) is 0 Å². The lowest BCUT2D eigenvalue weighted by Gasteiger charge is -2.25. The molecule has 144 valence electrons. The Balaban J connectivity index is 1.52. The van der Waals surface area contributed by atoms with Gasteiger partial charge in [-0.05, 0) is 35.9 Å². The molecule has 0 atom stereocenters. The molecule has 0 N–H and O–H groups in total. The second kappa shape index (κ2) is 7.83. The molecule has 2 aromatic carbocycles. The fourth-order valence-electron chi connectivity index (χ4n) is 2.90. The molecule has 2 aliphatic rings. The van der Waals surface area contributed by atoms with Crippen molar-refractivity contribution in [2.24, 2.45) is 0 Å². The van der Waals surface area contributed by atoms with E-state index in [9.17, 15) is 9.59 Å². The average Bonchev–Trinajstić information content (AvgIpc) is 2.99. The number of ether oxygens (including phenoxy) is 3. The predicted octanol–water partition coefficient (Wildman–Crippen LogP) is 4.44. The highest BCUT2D eigenvalue weighted by molar-refractivity contribution is 6.35. The first-order chi connectivity index (χ1) is 13.5. The molecule has 0 radical (unpaired) electrons. The van der Waals surface area contributed by atoms with Gasteiger partial charge in [0.05, 0.1) is 18.8 Å². The van der Waals surface area contributed by atoms with Crippen LogP contribution in [0.1, 0.15) is 15.9 Å². The molecule has 2 aromatic rings. The van der Waals surface area contributed by atoms with E-state index in [1.54, 1.807) is 41.3 Å². The Morgan fingerprint density at radius 1 is 1.11 bits per heavy atom. The normalized spacial score (nSPS) is 17.4. The van der Waals surface area contributed by atoms with E-state index >= 15 is 0 Å². The van der Waals surface area contributed by atoms with Crippen LogP contribution in [0.25, 0.3) is 6.08 Å². The van der Waals surface area contributed by atoms with Gasteiger partial charge in [0.25, 0.3) is 0 Å². The van der Waals surface area contributed by atoms with Crippen LogP contribution < -0.4 is 9.47 Å². The maximum atomic E-state index is 12.6. The molecule has 0 unspecified atom stereocenters. The van der Waals surface area contributed by atoms with Crippen molar-refractivity contribution in [3.63, 3.8) is 0 Å². The smallest absolute Gasteiger partial charge is 0.415 e. The molecule has 0 bridgehead atoms. The van der Waals surface area contributed by atoms with Gasteiger partial charge in [-0.1, -0.05) is 29.3 Å². The highest BCUT2D eigenvalue weighted by Crippen LogP contribution is 2.36. The zero-order valence-corrected chi connectivity index (χ0v) is 16.1. The number of ketones is 1. The van der Waals surface area contributed by atoms with Gasteiger partial charge >= 0.3 is 6.09 Å². The van der Waals surface area contributed by atoms with Crippen LogP contribution in [-0.2, 0) is 4.74 Å². The topological polar surface area (TPSA) is 65.1 Å². The van der Waals surface area contributed by atoms with Crippen LogP contribution in [0.2, 0.25) is 10.0 Å². The summed E-state index contributed by atoms with van der Waals surface area (Å²) < 4.78 is 16.3. The molecule has 0 saturated carbocycles. The minimum absolute atomic E-state index is 0.135. The number of morpholine rings is 1. The third-order valence-electron chi connectivity index (χ3n) is 4.36. The summed E-state index contributed by atoms with van der Waals surface area (Å²) in [5.41, 5.74) is 1.00. The van der Waals surface area contributed by atoms with Crippen molar-refractivity contribution in [1.82, 2.24) is 4.90 Å². The number of hydrogen-bond donors (Lipinski definition) is 0. The van der Waals surface area contributed by atoms with Gasteiger partial charge in [-0.25, -0.2) is 4.79 Å². The van der Waals surface area contributed by atoms with Crippen LogP contribution in [0.3, 0.4) is 0 Å². The van der Waals surface area contributed by atoms with Gasteiger partial charge in [-0.3, -0.25) is 4.79 Å². The van der Waals surface area contributed by atoms with Gasteiger partial charge in [0.15, 0.2) is 5.76 Å². The number of nitrogens with zero attached hydrogens (tertiary/aromatic N) is 1. The summed E-state index contributed by atoms with van der Waals surface area (Å²) in [6.45, 7) is 1.93. The quantitative estimate of drug-likeness (QED) is 0.673. The molecule has 2 aliphatic heterocycles. The molecule has 0 spiro atoms. The number of halogens is 2. The van der Waals surface area contributed by atoms with E-state index in [-0.39, 0.29) is 11.5 Å². The lowest BCUT2D eigenvalue weighted by molar-refractivity contribution is 0.0416. The van der Waals surface area contributed by atoms with Crippen LogP contribution in [-0.4, -0.2) is 43.1 Å². The first kappa shape index (κ1) is 18.8. The lowest BCUT2D eigenvalue weighted by Crippen LogP contribution is -2.42. The molecule has 0 aliphatic carbocycles. The summed E-state index contributed by atoms with van der Waals surface area (Å²) in [5.74, 6) is 0.491. The first-order valence-corrected chi connectivity index (χ1v) is 9.35. The van der Waals surface area contributed by atoms with E-state index in [1.165, 1.54) is 6.07 Å². The van der Waals surface area contributed by atoms with Gasteiger partial charge < -0.3 is 19.1 Å². The third kappa shape index (κ3) is 3.85. The lowest BCUT2D eigenvalue weighted by atomic mass is 10.1. The fraction of sp³-hybridized carbons (Fsp3) is 0.200. The second-order valence-corrected chi connectivity index (χ2v) is 7.07. The van der Waals surface area contributed by atoms with Crippen LogP contribution in [0, 0.1) is 0 Å². The number of carbonyl (C=O) groups is 2. The Kier molecular flexibility index (Phi) is 5.26. The monoisotopic (exact) mass is 419 g/mol. The molecular weight excluding hydrogens is 405 g/mol. The summed E-state index contributed by atoms with van der Waals surface area (Å²) in [6, 6.07) is 9.63. The van der Waals surface area contributed by atoms with E-state index in [0.717, 1.165) is 0 Å². The van der Waals surface area contributed by atoms with E-state index < -0.39 is 6.09 Å². The van der Waals surface area contributed by atoms with E-state index in [4.69, 9.17) is 37.4 Å². The number of Topliss-reactive ketones (excluding diaryl/α,β-unsaturated/α-hetero) is 1. The second-order valence-electron chi connectivity index (χ2n) is 6.23. The number of rotatable bonds is 2. The summed E-state index contributed by atoms with van der Waals surface area (Å²) in [7, 11) is 0. The first-order valence-electron chi connectivity index (χ1n) is 8.59. The zero-order chi connectivity index (χ0) is 19.7. The Hall–Kier alpha value is -2.54. The Morgan fingerprint density at radius 2 is 1.89 bits per heavy atom. The molecule has 2 heterocycles. The fourth-order valence-corrected chi connectivity index (χ4v) is 3.36. The maximum Gasteiger partial charge on any atom is 0.415 e. The molecule has 28 heavy (non-hydrogen) atoms. The van der Waals surface area contributed by atoms with Crippen molar-refractivity contribution in [3.05, 3.63) is 63.3 Å². The van der Waals surface area contributed by atoms with Crippen molar-refractivity contribution in [3.8, 4) is 11.5 Å². The number of fused-ring (bicyclic) bond motifs is 1. The Morgan fingerprint density at radius 3 is 2.64 bits per heavy atom. The highest BCUT2D eigenvalue weighted by Gasteiger charge is 2.28. The van der Waals surface area contributed by atoms with Gasteiger partial charge in [0.1, 0.15) is 11.5 Å². The van der Waals surface area contributed by atoms with Crippen molar-refractivity contribution in [2.45, 2.75) is 0 Å². The van der Waals surface area contributed by atoms with Crippen LogP contribution in [0.4, 0.5) is 4.79 Å². The molecule has 4 rings (SSSR count). The summed E-state index contributed by atoms with van der Waals surface area (Å²) >= 11 is 12.1. The number of benzene rings is 2. The Bertz CT molecular complexity index is 983. The Labute approximate surface area is 171 Å². The SMILES string of the molecule is O=C1/C(=C/c2ccc(Cl)cc2Cl)Oc2cc(OC(=O)N3CCOCC3)ccc21. The van der Waals surface area contributed by atoms with Crippen LogP contribution >= 0.6 is 23.2 Å². The largest absolute Gasteiger partial charge is 0.452 e. The third-order valence-corrected chi connectivity index (χ3v) is 4.93. The van der Waals surface area contributed by atoms with Crippen molar-refractivity contribution in [2.75, 3.05) is 26.3 Å². The molecule has 8 heteroatoms. The molecule has 1 saturated heterocycles. The summed E-state index contributed by atoms with van der Waals surface area (Å²) in [4.78, 5) is 26.3. The van der Waals surface area contributed by atoms with E-state index in [0.29, 0.717) is 59.0 Å². The van der Waals surface area contributed by atoms with Gasteiger partial charge in [0, 0.05) is 29.2 Å². The molecule has 6 nitrogen and oxygen atoms in total. The van der Waals surface area contributed by atoms with E-state index in [1.807, 2.05) is 0 Å². The van der Waals surface area contributed by atoms with Crippen molar-refractivity contribution < 1.29 is 23.8 Å². The minimum Gasteiger partial charge on any atom is -0.452 e. The number of allylic oxidation sites excluding steroid dienone is 1. The van der Waals surface area contributed by atoms with Gasteiger partial charge in [0.2, 0.25) is 5.78 Å². The average molecular weight is 420 g/mol. The standard InChI is InChI=1S/C20H15Cl2NO5/c21-13-2-1-12(16(22)10-13)9-18-19(24)15-4-3-14(11-17(15)28-18)27-20(25)23-5-7-26-8-6-23/h1-4,9-11H,5-8H2/b18-9-. The van der Waals surface area contributed by atoms with E-state index in [2.05, 4.69) is 0 Å². The van der Waals surface area contributed by atoms with Gasteiger partial charge in [-0.15, -0.1) is 0 Å².